The summed E-state index contributed by atoms with van der Waals surface area (Å²) < 4.78 is 11.4. The zero-order chi connectivity index (χ0) is 15.5. The molecule has 0 radical (unpaired) electrons. The molecule has 1 aromatic carbocycles. The summed E-state index contributed by atoms with van der Waals surface area (Å²) in [6, 6.07) is 11.8. The molecule has 0 aliphatic heterocycles. The van der Waals surface area contributed by atoms with Crippen LogP contribution in [0.15, 0.2) is 47.1 Å². The van der Waals surface area contributed by atoms with E-state index in [-0.39, 0.29) is 17.6 Å². The predicted octanol–water partition coefficient (Wildman–Crippen LogP) is 4.43. The van der Waals surface area contributed by atoms with Crippen LogP contribution in [0.5, 0.6) is 5.75 Å². The van der Waals surface area contributed by atoms with Crippen LogP contribution in [0, 0.1) is 0 Å². The average molecular weight is 287 g/mol. The summed E-state index contributed by atoms with van der Waals surface area (Å²) in [5.74, 6) is 1.56. The van der Waals surface area contributed by atoms with Crippen molar-refractivity contribution in [3.05, 3.63) is 54.0 Å². The summed E-state index contributed by atoms with van der Waals surface area (Å²) in [5, 5.41) is 0. The van der Waals surface area contributed by atoms with E-state index in [1.807, 2.05) is 31.2 Å². The topological polar surface area (TPSA) is 48.4 Å². The molecule has 0 bridgehead atoms. The van der Waals surface area contributed by atoms with Crippen molar-refractivity contribution in [1.82, 2.24) is 0 Å². The van der Waals surface area contributed by atoms with Crippen molar-refractivity contribution in [2.75, 3.05) is 0 Å². The molecule has 2 aromatic rings. The molecule has 0 saturated carbocycles. The third-order valence-electron chi connectivity index (χ3n) is 4.08. The van der Waals surface area contributed by atoms with Crippen LogP contribution in [0.1, 0.15) is 51.5 Å². The molecule has 2 atom stereocenters. The van der Waals surface area contributed by atoms with Gasteiger partial charge in [-0.2, -0.15) is 0 Å². The fourth-order valence-electron chi connectivity index (χ4n) is 2.21. The van der Waals surface area contributed by atoms with Crippen LogP contribution in [0.25, 0.3) is 0 Å². The lowest BCUT2D eigenvalue weighted by Gasteiger charge is -2.24. The molecule has 21 heavy (non-hydrogen) atoms. The minimum absolute atomic E-state index is 0.150. The highest BCUT2D eigenvalue weighted by molar-refractivity contribution is 5.32. The standard InChI is InChI=1S/C18H25NO2/c1-5-18(3,4)14-8-10-15(11-9-14)21-17(13(2)19)16-7-6-12-20-16/h6-13,17H,5,19H2,1-4H3. The summed E-state index contributed by atoms with van der Waals surface area (Å²) in [5.41, 5.74) is 7.50. The van der Waals surface area contributed by atoms with E-state index in [0.717, 1.165) is 17.9 Å². The molecule has 0 amide bonds. The molecule has 1 heterocycles. The fourth-order valence-corrected chi connectivity index (χ4v) is 2.21. The van der Waals surface area contributed by atoms with Gasteiger partial charge in [0, 0.05) is 6.04 Å². The van der Waals surface area contributed by atoms with Gasteiger partial charge in [-0.15, -0.1) is 0 Å². The third-order valence-corrected chi connectivity index (χ3v) is 4.08. The number of furan rings is 1. The minimum atomic E-state index is -0.273. The SMILES string of the molecule is CCC(C)(C)c1ccc(OC(c2ccco2)C(C)N)cc1. The van der Waals surface area contributed by atoms with Gasteiger partial charge in [0.2, 0.25) is 0 Å². The van der Waals surface area contributed by atoms with E-state index in [1.54, 1.807) is 6.26 Å². The molecule has 2 rings (SSSR count). The Morgan fingerprint density at radius 1 is 1.19 bits per heavy atom. The Morgan fingerprint density at radius 3 is 2.33 bits per heavy atom. The molecule has 114 valence electrons. The Morgan fingerprint density at radius 2 is 1.86 bits per heavy atom. The first-order valence-electron chi connectivity index (χ1n) is 7.50. The average Bonchev–Trinajstić information content (AvgIpc) is 2.98. The Bertz CT molecular complexity index is 541. The van der Waals surface area contributed by atoms with Gasteiger partial charge in [-0.1, -0.05) is 32.9 Å². The lowest BCUT2D eigenvalue weighted by atomic mass is 9.82. The van der Waals surface area contributed by atoms with Gasteiger partial charge in [-0.25, -0.2) is 0 Å². The summed E-state index contributed by atoms with van der Waals surface area (Å²) in [7, 11) is 0. The van der Waals surface area contributed by atoms with E-state index in [4.69, 9.17) is 14.9 Å². The van der Waals surface area contributed by atoms with Crippen molar-refractivity contribution in [3.8, 4) is 5.75 Å². The highest BCUT2D eigenvalue weighted by Crippen LogP contribution is 2.30. The number of nitrogens with two attached hydrogens (primary N) is 1. The van der Waals surface area contributed by atoms with E-state index in [0.29, 0.717) is 0 Å². The molecule has 2 unspecified atom stereocenters. The van der Waals surface area contributed by atoms with Crippen LogP contribution in [-0.2, 0) is 5.41 Å². The molecule has 2 N–H and O–H groups in total. The second-order valence-corrected chi connectivity index (χ2v) is 6.17. The van der Waals surface area contributed by atoms with Gasteiger partial charge >= 0.3 is 0 Å². The third kappa shape index (κ3) is 3.67. The number of ether oxygens (including phenoxy) is 1. The molecule has 0 saturated heterocycles. The quantitative estimate of drug-likeness (QED) is 0.854. The number of hydrogen-bond acceptors (Lipinski definition) is 3. The molecule has 0 aliphatic rings. The highest BCUT2D eigenvalue weighted by atomic mass is 16.5. The maximum absolute atomic E-state index is 6.01. The number of hydrogen-bond donors (Lipinski definition) is 1. The zero-order valence-corrected chi connectivity index (χ0v) is 13.3. The van der Waals surface area contributed by atoms with E-state index in [9.17, 15) is 0 Å². The van der Waals surface area contributed by atoms with Crippen molar-refractivity contribution >= 4 is 0 Å². The van der Waals surface area contributed by atoms with E-state index < -0.39 is 0 Å². The molecule has 0 fully saturated rings. The normalized spacial score (nSPS) is 14.7. The fraction of sp³-hybridized carbons (Fsp3) is 0.444. The van der Waals surface area contributed by atoms with Crippen LogP contribution in [-0.4, -0.2) is 6.04 Å². The summed E-state index contributed by atoms with van der Waals surface area (Å²) in [4.78, 5) is 0. The molecule has 1 aromatic heterocycles. The van der Waals surface area contributed by atoms with E-state index in [2.05, 4.69) is 32.9 Å². The van der Waals surface area contributed by atoms with Crippen LogP contribution >= 0.6 is 0 Å². The lowest BCUT2D eigenvalue weighted by Crippen LogP contribution is -2.28. The van der Waals surface area contributed by atoms with Crippen LogP contribution < -0.4 is 10.5 Å². The van der Waals surface area contributed by atoms with Gasteiger partial charge in [0.25, 0.3) is 0 Å². The first-order chi connectivity index (χ1) is 9.94. The van der Waals surface area contributed by atoms with Crippen LogP contribution in [0.3, 0.4) is 0 Å². The van der Waals surface area contributed by atoms with Crippen molar-refractivity contribution < 1.29 is 9.15 Å². The van der Waals surface area contributed by atoms with Crippen molar-refractivity contribution in [1.29, 1.82) is 0 Å². The maximum Gasteiger partial charge on any atom is 0.171 e. The van der Waals surface area contributed by atoms with Crippen LogP contribution in [0.4, 0.5) is 0 Å². The second kappa shape index (κ2) is 6.35. The van der Waals surface area contributed by atoms with Crippen molar-refractivity contribution in [3.63, 3.8) is 0 Å². The smallest absolute Gasteiger partial charge is 0.171 e. The second-order valence-electron chi connectivity index (χ2n) is 6.17. The summed E-state index contributed by atoms with van der Waals surface area (Å²) in [6.07, 6.45) is 2.47. The van der Waals surface area contributed by atoms with E-state index >= 15 is 0 Å². The molecule has 0 aliphatic carbocycles. The maximum atomic E-state index is 6.01. The van der Waals surface area contributed by atoms with Crippen LogP contribution in [0.2, 0.25) is 0 Å². The lowest BCUT2D eigenvalue weighted by molar-refractivity contribution is 0.153. The van der Waals surface area contributed by atoms with Gasteiger partial charge in [-0.3, -0.25) is 0 Å². The van der Waals surface area contributed by atoms with Gasteiger partial charge in [0.1, 0.15) is 11.5 Å². The summed E-state index contributed by atoms with van der Waals surface area (Å²) in [6.45, 7) is 8.61. The van der Waals surface area contributed by atoms with Gasteiger partial charge in [-0.05, 0) is 48.6 Å². The minimum Gasteiger partial charge on any atom is -0.481 e. The van der Waals surface area contributed by atoms with Crippen molar-refractivity contribution in [2.24, 2.45) is 5.73 Å². The number of benzene rings is 1. The highest BCUT2D eigenvalue weighted by Gasteiger charge is 2.22. The zero-order valence-electron chi connectivity index (χ0n) is 13.3. The molecule has 0 spiro atoms. The molecule has 3 heteroatoms. The predicted molar refractivity (Wildman–Crippen MR) is 85.5 cm³/mol. The van der Waals surface area contributed by atoms with Gasteiger partial charge in [0.15, 0.2) is 6.10 Å². The molecular formula is C18H25NO2. The largest absolute Gasteiger partial charge is 0.481 e. The van der Waals surface area contributed by atoms with E-state index in [1.165, 1.54) is 5.56 Å². The Labute approximate surface area is 127 Å². The Balaban J connectivity index is 2.15. The molecule has 3 nitrogen and oxygen atoms in total. The monoisotopic (exact) mass is 287 g/mol. The molecular weight excluding hydrogens is 262 g/mol. The Kier molecular flexibility index (Phi) is 4.73. The summed E-state index contributed by atoms with van der Waals surface area (Å²) >= 11 is 0. The van der Waals surface area contributed by atoms with Crippen molar-refractivity contribution in [2.45, 2.75) is 51.7 Å². The Hall–Kier alpha value is -1.74. The first-order valence-corrected chi connectivity index (χ1v) is 7.50. The van der Waals surface area contributed by atoms with Gasteiger partial charge in [0.05, 0.1) is 6.26 Å². The van der Waals surface area contributed by atoms with Gasteiger partial charge < -0.3 is 14.9 Å². The number of rotatable bonds is 6. The first kappa shape index (κ1) is 15.6.